The zero-order valence-electron chi connectivity index (χ0n) is 17.4. The zero-order chi connectivity index (χ0) is 19.6. The van der Waals surface area contributed by atoms with E-state index in [1.165, 1.54) is 30.8 Å². The molecule has 0 radical (unpaired) electrons. The molecule has 2 unspecified atom stereocenters. The lowest BCUT2D eigenvalue weighted by molar-refractivity contribution is 0.0536. The van der Waals surface area contributed by atoms with Crippen LogP contribution in [0.5, 0.6) is 0 Å². The van der Waals surface area contributed by atoms with E-state index in [0.29, 0.717) is 25.2 Å². The predicted molar refractivity (Wildman–Crippen MR) is 116 cm³/mol. The first kappa shape index (κ1) is 21.6. The molecule has 0 spiro atoms. The summed E-state index contributed by atoms with van der Waals surface area (Å²) in [5.74, 6) is 1.63. The van der Waals surface area contributed by atoms with E-state index in [9.17, 15) is 0 Å². The van der Waals surface area contributed by atoms with Gasteiger partial charge in [0.2, 0.25) is 0 Å². The standard InChI is InChI=1S/C21H36N4O2S/c1-3-22-21(25-11-8-18(16-25)17-27-13-12-26-2)23-15-19(20-7-6-14-28-20)24-9-4-5-10-24/h6-7,14,18-19H,3-5,8-13,15-17H2,1-2H3,(H,22,23). The molecule has 2 aliphatic rings. The lowest BCUT2D eigenvalue weighted by atomic mass is 10.1. The third kappa shape index (κ3) is 6.17. The van der Waals surface area contributed by atoms with Gasteiger partial charge in [-0.25, -0.2) is 0 Å². The average Bonchev–Trinajstić information content (AvgIpc) is 3.48. The normalized spacial score (nSPS) is 22.1. The highest BCUT2D eigenvalue weighted by Crippen LogP contribution is 2.29. The second kappa shape index (κ2) is 11.8. The Morgan fingerprint density at radius 1 is 1.32 bits per heavy atom. The van der Waals surface area contributed by atoms with Crippen LogP contribution in [0.1, 0.15) is 37.1 Å². The summed E-state index contributed by atoms with van der Waals surface area (Å²) in [4.78, 5) is 11.5. The van der Waals surface area contributed by atoms with Crippen LogP contribution < -0.4 is 5.32 Å². The van der Waals surface area contributed by atoms with E-state index in [2.05, 4.69) is 39.6 Å². The summed E-state index contributed by atoms with van der Waals surface area (Å²) in [6, 6.07) is 4.83. The molecule has 2 fully saturated rings. The summed E-state index contributed by atoms with van der Waals surface area (Å²) in [6.07, 6.45) is 3.78. The Morgan fingerprint density at radius 3 is 2.89 bits per heavy atom. The number of nitrogens with zero attached hydrogens (tertiary/aromatic N) is 3. The number of rotatable bonds is 10. The van der Waals surface area contributed by atoms with Crippen molar-refractivity contribution >= 4 is 17.3 Å². The summed E-state index contributed by atoms with van der Waals surface area (Å²) >= 11 is 1.86. The molecular formula is C21H36N4O2S. The maximum atomic E-state index is 5.74. The number of nitrogens with one attached hydrogen (secondary N) is 1. The number of thiophene rings is 1. The largest absolute Gasteiger partial charge is 0.382 e. The van der Waals surface area contributed by atoms with Crippen molar-refractivity contribution < 1.29 is 9.47 Å². The highest BCUT2D eigenvalue weighted by Gasteiger charge is 2.27. The van der Waals surface area contributed by atoms with E-state index in [1.807, 2.05) is 11.3 Å². The van der Waals surface area contributed by atoms with Crippen LogP contribution in [0.3, 0.4) is 0 Å². The zero-order valence-corrected chi connectivity index (χ0v) is 18.3. The summed E-state index contributed by atoms with van der Waals surface area (Å²) in [5, 5.41) is 5.70. The van der Waals surface area contributed by atoms with E-state index in [1.54, 1.807) is 7.11 Å². The minimum Gasteiger partial charge on any atom is -0.382 e. The minimum atomic E-state index is 0.409. The number of guanidine groups is 1. The molecule has 0 bridgehead atoms. The van der Waals surface area contributed by atoms with Crippen LogP contribution in [0.4, 0.5) is 0 Å². The number of methoxy groups -OCH3 is 1. The third-order valence-electron chi connectivity index (χ3n) is 5.57. The van der Waals surface area contributed by atoms with Crippen LogP contribution >= 0.6 is 11.3 Å². The Labute approximate surface area is 173 Å². The molecule has 1 N–H and O–H groups in total. The molecule has 28 heavy (non-hydrogen) atoms. The van der Waals surface area contributed by atoms with Gasteiger partial charge in [0.05, 0.1) is 32.4 Å². The minimum absolute atomic E-state index is 0.409. The van der Waals surface area contributed by atoms with Gasteiger partial charge in [0, 0.05) is 37.5 Å². The smallest absolute Gasteiger partial charge is 0.193 e. The molecule has 1 aromatic rings. The Morgan fingerprint density at radius 2 is 2.18 bits per heavy atom. The van der Waals surface area contributed by atoms with Crippen molar-refractivity contribution in [3.05, 3.63) is 22.4 Å². The molecule has 0 amide bonds. The van der Waals surface area contributed by atoms with Crippen molar-refractivity contribution in [3.63, 3.8) is 0 Å². The van der Waals surface area contributed by atoms with Crippen molar-refractivity contribution in [2.75, 3.05) is 66.2 Å². The fourth-order valence-electron chi connectivity index (χ4n) is 4.07. The molecule has 0 saturated carbocycles. The van der Waals surface area contributed by atoms with Crippen molar-refractivity contribution in [1.29, 1.82) is 0 Å². The van der Waals surface area contributed by atoms with Gasteiger partial charge < -0.3 is 19.7 Å². The Hall–Kier alpha value is -1.15. The third-order valence-corrected chi connectivity index (χ3v) is 6.55. The molecule has 3 heterocycles. The summed E-state index contributed by atoms with van der Waals surface area (Å²) < 4.78 is 10.8. The monoisotopic (exact) mass is 408 g/mol. The van der Waals surface area contributed by atoms with Crippen LogP contribution in [-0.2, 0) is 9.47 Å². The highest BCUT2D eigenvalue weighted by molar-refractivity contribution is 7.10. The molecule has 3 rings (SSSR count). The molecule has 0 aromatic carbocycles. The fraction of sp³-hybridized carbons (Fsp3) is 0.762. The van der Waals surface area contributed by atoms with E-state index in [-0.39, 0.29) is 0 Å². The number of aliphatic imine (C=N–C) groups is 1. The SMILES string of the molecule is CCNC(=NCC(c1cccs1)N1CCCC1)N1CCC(COCCOC)C1. The number of ether oxygens (including phenoxy) is 2. The summed E-state index contributed by atoms with van der Waals surface area (Å²) in [7, 11) is 1.71. The average molecular weight is 409 g/mol. The summed E-state index contributed by atoms with van der Waals surface area (Å²) in [6.45, 7) is 10.5. The predicted octanol–water partition coefficient (Wildman–Crippen LogP) is 2.84. The lowest BCUT2D eigenvalue weighted by Gasteiger charge is -2.27. The van der Waals surface area contributed by atoms with Crippen LogP contribution in [0.2, 0.25) is 0 Å². The van der Waals surface area contributed by atoms with Gasteiger partial charge in [0.25, 0.3) is 0 Å². The van der Waals surface area contributed by atoms with Crippen molar-refractivity contribution in [1.82, 2.24) is 15.1 Å². The molecular weight excluding hydrogens is 372 g/mol. The second-order valence-corrected chi connectivity index (χ2v) is 8.62. The molecule has 158 valence electrons. The van der Waals surface area contributed by atoms with Crippen LogP contribution in [0, 0.1) is 5.92 Å². The van der Waals surface area contributed by atoms with Gasteiger partial charge in [-0.15, -0.1) is 11.3 Å². The number of hydrogen-bond acceptors (Lipinski definition) is 5. The van der Waals surface area contributed by atoms with Crippen molar-refractivity contribution in [3.8, 4) is 0 Å². The van der Waals surface area contributed by atoms with Crippen LogP contribution in [0.25, 0.3) is 0 Å². The lowest BCUT2D eigenvalue weighted by Crippen LogP contribution is -2.41. The topological polar surface area (TPSA) is 49.3 Å². The molecule has 0 aliphatic carbocycles. The van der Waals surface area contributed by atoms with Gasteiger partial charge in [-0.3, -0.25) is 9.89 Å². The molecule has 6 nitrogen and oxygen atoms in total. The van der Waals surface area contributed by atoms with E-state index in [4.69, 9.17) is 14.5 Å². The quantitative estimate of drug-likeness (QED) is 0.366. The Bertz CT molecular complexity index is 575. The van der Waals surface area contributed by atoms with Gasteiger partial charge in [0.1, 0.15) is 0 Å². The van der Waals surface area contributed by atoms with E-state index < -0.39 is 0 Å². The first-order valence-electron chi connectivity index (χ1n) is 10.7. The molecule has 7 heteroatoms. The van der Waals surface area contributed by atoms with Crippen molar-refractivity contribution in [2.45, 2.75) is 32.2 Å². The Balaban J connectivity index is 1.58. The number of hydrogen-bond donors (Lipinski definition) is 1. The maximum absolute atomic E-state index is 5.74. The van der Waals surface area contributed by atoms with Gasteiger partial charge >= 0.3 is 0 Å². The van der Waals surface area contributed by atoms with Gasteiger partial charge in [-0.2, -0.15) is 0 Å². The number of likely N-dealkylation sites (tertiary alicyclic amines) is 2. The maximum Gasteiger partial charge on any atom is 0.193 e. The van der Waals surface area contributed by atoms with Gasteiger partial charge in [-0.05, 0) is 50.7 Å². The summed E-state index contributed by atoms with van der Waals surface area (Å²) in [5.41, 5.74) is 0. The highest BCUT2D eigenvalue weighted by atomic mass is 32.1. The van der Waals surface area contributed by atoms with Crippen LogP contribution in [-0.4, -0.2) is 82.0 Å². The fourth-order valence-corrected chi connectivity index (χ4v) is 4.92. The second-order valence-electron chi connectivity index (χ2n) is 7.64. The van der Waals surface area contributed by atoms with E-state index in [0.717, 1.165) is 45.2 Å². The van der Waals surface area contributed by atoms with E-state index >= 15 is 0 Å². The first-order chi connectivity index (χ1) is 13.8. The molecule has 2 atom stereocenters. The van der Waals surface area contributed by atoms with Gasteiger partial charge in [0.15, 0.2) is 5.96 Å². The van der Waals surface area contributed by atoms with Crippen LogP contribution in [0.15, 0.2) is 22.5 Å². The van der Waals surface area contributed by atoms with Gasteiger partial charge in [-0.1, -0.05) is 6.07 Å². The Kier molecular flexibility index (Phi) is 9.05. The van der Waals surface area contributed by atoms with Crippen molar-refractivity contribution in [2.24, 2.45) is 10.9 Å². The first-order valence-corrected chi connectivity index (χ1v) is 11.6. The molecule has 2 saturated heterocycles. The molecule has 1 aromatic heterocycles. The molecule has 2 aliphatic heterocycles.